The summed E-state index contributed by atoms with van der Waals surface area (Å²) in [6.07, 6.45) is 3.87. The Morgan fingerprint density at radius 3 is 2.56 bits per heavy atom. The molecule has 1 saturated carbocycles. The maximum atomic E-state index is 9.17. The number of hydrogen-bond donors (Lipinski definition) is 1. The van der Waals surface area contributed by atoms with E-state index in [0.717, 1.165) is 15.7 Å². The Balaban J connectivity index is 2.22. The number of nitriles is 1. The van der Waals surface area contributed by atoms with Crippen molar-refractivity contribution in [3.05, 3.63) is 28.2 Å². The van der Waals surface area contributed by atoms with Crippen LogP contribution in [0.2, 0.25) is 0 Å². The Hall–Kier alpha value is -1.01. The first-order valence-electron chi connectivity index (χ1n) is 6.58. The molecule has 1 N–H and O–H groups in total. The number of nitrogens with one attached hydrogen (secondary N) is 1. The molecule has 3 heteroatoms. The van der Waals surface area contributed by atoms with Crippen LogP contribution in [0.4, 0.5) is 5.69 Å². The lowest BCUT2D eigenvalue weighted by atomic mass is 9.78. The molecule has 1 fully saturated rings. The molecule has 0 aliphatic heterocycles. The molecule has 2 rings (SSSR count). The second-order valence-electron chi connectivity index (χ2n) is 5.36. The first kappa shape index (κ1) is 13.4. The highest BCUT2D eigenvalue weighted by atomic mass is 79.9. The van der Waals surface area contributed by atoms with Gasteiger partial charge in [-0.1, -0.05) is 36.2 Å². The minimum atomic E-state index is 0.472. The maximum Gasteiger partial charge on any atom is 0.101 e. The molecule has 2 atom stereocenters. The van der Waals surface area contributed by atoms with Gasteiger partial charge in [0.2, 0.25) is 0 Å². The van der Waals surface area contributed by atoms with Gasteiger partial charge in [0, 0.05) is 10.5 Å². The van der Waals surface area contributed by atoms with Crippen molar-refractivity contribution < 1.29 is 0 Å². The zero-order chi connectivity index (χ0) is 13.1. The minimum absolute atomic E-state index is 0.472. The predicted molar refractivity (Wildman–Crippen MR) is 78.4 cm³/mol. The van der Waals surface area contributed by atoms with Crippen LogP contribution in [-0.2, 0) is 0 Å². The molecule has 1 aromatic rings. The third kappa shape index (κ3) is 2.87. The summed E-state index contributed by atoms with van der Waals surface area (Å²) in [7, 11) is 0. The molecule has 2 nitrogen and oxygen atoms in total. The third-order valence-corrected chi connectivity index (χ3v) is 4.46. The lowest BCUT2D eigenvalue weighted by molar-refractivity contribution is 0.268. The first-order chi connectivity index (χ1) is 8.61. The molecule has 0 spiro atoms. The van der Waals surface area contributed by atoms with Crippen molar-refractivity contribution in [2.45, 2.75) is 39.2 Å². The molecule has 1 aliphatic carbocycles. The van der Waals surface area contributed by atoms with E-state index in [1.54, 1.807) is 0 Å². The lowest BCUT2D eigenvalue weighted by Crippen LogP contribution is -2.37. The highest BCUT2D eigenvalue weighted by molar-refractivity contribution is 9.10. The number of hydrogen-bond acceptors (Lipinski definition) is 2. The molecule has 1 aromatic carbocycles. The fourth-order valence-corrected chi connectivity index (χ4v) is 3.24. The second kappa shape index (κ2) is 5.75. The molecule has 0 saturated heterocycles. The second-order valence-corrected chi connectivity index (χ2v) is 6.27. The summed E-state index contributed by atoms with van der Waals surface area (Å²) in [6, 6.07) is 8.52. The van der Waals surface area contributed by atoms with Crippen molar-refractivity contribution in [3.63, 3.8) is 0 Å². The van der Waals surface area contributed by atoms with E-state index in [4.69, 9.17) is 5.26 Å². The number of nitrogens with zero attached hydrogens (tertiary/aromatic N) is 1. The van der Waals surface area contributed by atoms with Crippen LogP contribution in [0.15, 0.2) is 22.7 Å². The van der Waals surface area contributed by atoms with Gasteiger partial charge in [0.15, 0.2) is 0 Å². The van der Waals surface area contributed by atoms with Crippen LogP contribution in [0.3, 0.4) is 0 Å². The van der Waals surface area contributed by atoms with E-state index in [0.29, 0.717) is 17.9 Å². The van der Waals surface area contributed by atoms with Gasteiger partial charge in [0.1, 0.15) is 6.07 Å². The Kier molecular flexibility index (Phi) is 4.29. The topological polar surface area (TPSA) is 35.8 Å². The summed E-state index contributed by atoms with van der Waals surface area (Å²) in [4.78, 5) is 0. The van der Waals surface area contributed by atoms with Gasteiger partial charge in [-0.25, -0.2) is 0 Å². The minimum Gasteiger partial charge on any atom is -0.381 e. The Morgan fingerprint density at radius 2 is 1.94 bits per heavy atom. The molecular weight excluding hydrogens is 288 g/mol. The zero-order valence-corrected chi connectivity index (χ0v) is 12.5. The molecular formula is C15H19BrN2. The first-order valence-corrected chi connectivity index (χ1v) is 7.37. The van der Waals surface area contributed by atoms with Crippen molar-refractivity contribution >= 4 is 21.6 Å². The molecule has 0 radical (unpaired) electrons. The summed E-state index contributed by atoms with van der Waals surface area (Å²) in [5.74, 6) is 1.33. The average molecular weight is 307 g/mol. The van der Waals surface area contributed by atoms with Crippen LogP contribution >= 0.6 is 15.9 Å². The van der Waals surface area contributed by atoms with Crippen LogP contribution in [-0.4, -0.2) is 6.04 Å². The van der Waals surface area contributed by atoms with Crippen molar-refractivity contribution in [2.24, 2.45) is 11.8 Å². The smallest absolute Gasteiger partial charge is 0.101 e. The quantitative estimate of drug-likeness (QED) is 0.869. The molecule has 96 valence electrons. The van der Waals surface area contributed by atoms with E-state index < -0.39 is 0 Å². The number of rotatable bonds is 2. The van der Waals surface area contributed by atoms with Gasteiger partial charge >= 0.3 is 0 Å². The van der Waals surface area contributed by atoms with Crippen molar-refractivity contribution in [2.75, 3.05) is 5.32 Å². The fraction of sp³-hybridized carbons (Fsp3) is 0.533. The van der Waals surface area contributed by atoms with Gasteiger partial charge in [0.05, 0.1) is 11.3 Å². The van der Waals surface area contributed by atoms with Crippen LogP contribution in [0.25, 0.3) is 0 Å². The van der Waals surface area contributed by atoms with Gasteiger partial charge in [-0.2, -0.15) is 5.26 Å². The van der Waals surface area contributed by atoms with Crippen molar-refractivity contribution in [1.82, 2.24) is 0 Å². The van der Waals surface area contributed by atoms with Crippen molar-refractivity contribution in [3.8, 4) is 6.07 Å². The Bertz CT molecular complexity index is 454. The Labute approximate surface area is 118 Å². The highest BCUT2D eigenvalue weighted by Crippen LogP contribution is 2.32. The third-order valence-electron chi connectivity index (χ3n) is 3.97. The predicted octanol–water partition coefficient (Wildman–Crippen LogP) is 4.56. The Morgan fingerprint density at radius 1 is 1.28 bits per heavy atom. The van der Waals surface area contributed by atoms with Gasteiger partial charge in [-0.15, -0.1) is 0 Å². The summed E-state index contributed by atoms with van der Waals surface area (Å²) in [5, 5.41) is 12.8. The standard InChI is InChI=1S/C15H19BrN2/c1-10-4-3-5-11(2)15(10)18-14-8-13(16)7-6-12(14)9-17/h6-8,10-11,15,18H,3-5H2,1-2H3. The summed E-state index contributed by atoms with van der Waals surface area (Å²) in [6.45, 7) is 4.61. The van der Waals surface area contributed by atoms with Gasteiger partial charge in [-0.05, 0) is 42.9 Å². The van der Waals surface area contributed by atoms with Gasteiger partial charge in [-0.3, -0.25) is 0 Å². The molecule has 0 aromatic heterocycles. The summed E-state index contributed by atoms with van der Waals surface area (Å²) < 4.78 is 1.01. The molecule has 1 aliphatic rings. The largest absolute Gasteiger partial charge is 0.381 e. The SMILES string of the molecule is CC1CCCC(C)C1Nc1cc(Br)ccc1C#N. The number of halogens is 1. The molecule has 0 heterocycles. The maximum absolute atomic E-state index is 9.17. The van der Waals surface area contributed by atoms with Crippen LogP contribution in [0, 0.1) is 23.2 Å². The monoisotopic (exact) mass is 306 g/mol. The van der Waals surface area contributed by atoms with Crippen LogP contribution < -0.4 is 5.32 Å². The summed E-state index contributed by atoms with van der Waals surface area (Å²) in [5.41, 5.74) is 1.68. The van der Waals surface area contributed by atoms with Crippen LogP contribution in [0.1, 0.15) is 38.7 Å². The van der Waals surface area contributed by atoms with Crippen molar-refractivity contribution in [1.29, 1.82) is 5.26 Å². The lowest BCUT2D eigenvalue weighted by Gasteiger charge is -2.36. The molecule has 18 heavy (non-hydrogen) atoms. The van der Waals surface area contributed by atoms with E-state index >= 15 is 0 Å². The van der Waals surface area contributed by atoms with Crippen LogP contribution in [0.5, 0.6) is 0 Å². The molecule has 0 bridgehead atoms. The van der Waals surface area contributed by atoms with Gasteiger partial charge < -0.3 is 5.32 Å². The van der Waals surface area contributed by atoms with E-state index in [1.165, 1.54) is 19.3 Å². The van der Waals surface area contributed by atoms with E-state index in [9.17, 15) is 0 Å². The fourth-order valence-electron chi connectivity index (χ4n) is 2.88. The van der Waals surface area contributed by atoms with E-state index in [1.807, 2.05) is 18.2 Å². The molecule has 2 unspecified atom stereocenters. The van der Waals surface area contributed by atoms with E-state index in [-0.39, 0.29) is 0 Å². The number of benzene rings is 1. The number of anilines is 1. The molecule has 0 amide bonds. The average Bonchev–Trinajstić information content (AvgIpc) is 2.34. The summed E-state index contributed by atoms with van der Waals surface area (Å²) >= 11 is 3.47. The van der Waals surface area contributed by atoms with Gasteiger partial charge in [0.25, 0.3) is 0 Å². The normalized spacial score (nSPS) is 27.6. The zero-order valence-electron chi connectivity index (χ0n) is 10.9. The highest BCUT2D eigenvalue weighted by Gasteiger charge is 2.27. The van der Waals surface area contributed by atoms with E-state index in [2.05, 4.69) is 41.2 Å².